The Morgan fingerprint density at radius 3 is 2.56 bits per heavy atom. The van der Waals surface area contributed by atoms with E-state index >= 15 is 0 Å². The van der Waals surface area contributed by atoms with Crippen LogP contribution in [-0.4, -0.2) is 46.7 Å². The van der Waals surface area contributed by atoms with Crippen molar-refractivity contribution in [3.8, 4) is 5.95 Å². The van der Waals surface area contributed by atoms with Crippen LogP contribution < -0.4 is 0 Å². The third-order valence-corrected chi connectivity index (χ3v) is 5.40. The largest absolute Gasteiger partial charge is 0.481 e. The molecule has 1 aliphatic heterocycles. The maximum Gasteiger partial charge on any atom is 0.304 e. The second-order valence-electron chi connectivity index (χ2n) is 6.49. The van der Waals surface area contributed by atoms with Crippen molar-refractivity contribution in [1.29, 1.82) is 0 Å². The summed E-state index contributed by atoms with van der Waals surface area (Å²) in [5, 5.41) is 27.2. The number of carboxylic acid groups (broad SMARTS) is 1. The zero-order valence-corrected chi connectivity index (χ0v) is 15.9. The zero-order valence-electron chi connectivity index (χ0n) is 15.1. The van der Waals surface area contributed by atoms with Gasteiger partial charge in [-0.15, -0.1) is 10.2 Å². The van der Waals surface area contributed by atoms with Crippen molar-refractivity contribution in [1.82, 2.24) is 24.7 Å². The van der Waals surface area contributed by atoms with Crippen LogP contribution in [0.3, 0.4) is 0 Å². The first kappa shape index (κ1) is 17.5. The molecule has 2 aromatic heterocycles. The fourth-order valence-electron chi connectivity index (χ4n) is 3.00. The molecule has 0 bridgehead atoms. The minimum absolute atomic E-state index is 0.0422. The van der Waals surface area contributed by atoms with Gasteiger partial charge in [-0.3, -0.25) is 4.79 Å². The molecule has 1 aliphatic rings. The van der Waals surface area contributed by atoms with E-state index in [1.54, 1.807) is 9.36 Å². The van der Waals surface area contributed by atoms with Crippen molar-refractivity contribution in [2.75, 3.05) is 0 Å². The molecular formula is C18H18N6O2S. The van der Waals surface area contributed by atoms with Gasteiger partial charge in [-0.05, 0) is 32.4 Å². The van der Waals surface area contributed by atoms with Crippen LogP contribution in [-0.2, 0) is 4.79 Å². The maximum atomic E-state index is 11.4. The predicted molar refractivity (Wildman–Crippen MR) is 102 cm³/mol. The fourth-order valence-corrected chi connectivity index (χ4v) is 4.09. The number of thioether (sulfide) groups is 1. The number of hydrogen-bond donors (Lipinski definition) is 1. The van der Waals surface area contributed by atoms with Gasteiger partial charge in [0.15, 0.2) is 0 Å². The lowest BCUT2D eigenvalue weighted by atomic mass is 10.0. The summed E-state index contributed by atoms with van der Waals surface area (Å²) in [5.41, 5.74) is 4.51. The molecule has 0 aliphatic carbocycles. The smallest absolute Gasteiger partial charge is 0.304 e. The van der Waals surface area contributed by atoms with E-state index in [1.807, 2.05) is 51.1 Å². The highest BCUT2D eigenvalue weighted by molar-refractivity contribution is 8.00. The Balaban J connectivity index is 1.84. The van der Waals surface area contributed by atoms with Crippen LogP contribution in [0.25, 0.3) is 5.95 Å². The molecule has 3 aromatic rings. The molecule has 0 saturated carbocycles. The number of fused-ring (bicyclic) bond motifs is 1. The SMILES string of the molecule is Cc1ccc(C2=Nn3c(nnc3-n3nc(C)cc3C)S[C@@H]2CC(=O)O)cc1. The molecule has 0 radical (unpaired) electrons. The Hall–Kier alpha value is -2.94. The lowest BCUT2D eigenvalue weighted by Crippen LogP contribution is -2.27. The molecular weight excluding hydrogens is 364 g/mol. The van der Waals surface area contributed by atoms with Crippen molar-refractivity contribution in [3.63, 3.8) is 0 Å². The highest BCUT2D eigenvalue weighted by atomic mass is 32.2. The Morgan fingerprint density at radius 1 is 1.19 bits per heavy atom. The van der Waals surface area contributed by atoms with Crippen LogP contribution in [0.4, 0.5) is 0 Å². The summed E-state index contributed by atoms with van der Waals surface area (Å²) in [5.74, 6) is -0.388. The Morgan fingerprint density at radius 2 is 1.93 bits per heavy atom. The van der Waals surface area contributed by atoms with E-state index in [4.69, 9.17) is 5.10 Å². The average Bonchev–Trinajstić information content (AvgIpc) is 3.16. The molecule has 138 valence electrons. The van der Waals surface area contributed by atoms with E-state index in [9.17, 15) is 9.90 Å². The average molecular weight is 382 g/mol. The van der Waals surface area contributed by atoms with E-state index in [-0.39, 0.29) is 11.7 Å². The van der Waals surface area contributed by atoms with Gasteiger partial charge in [0.25, 0.3) is 5.95 Å². The molecule has 0 amide bonds. The summed E-state index contributed by atoms with van der Waals surface area (Å²) < 4.78 is 3.33. The van der Waals surface area contributed by atoms with Crippen molar-refractivity contribution in [2.45, 2.75) is 37.6 Å². The topological polar surface area (TPSA) is 98.2 Å². The minimum Gasteiger partial charge on any atom is -0.481 e. The summed E-state index contributed by atoms with van der Waals surface area (Å²) in [6.07, 6.45) is -0.0422. The van der Waals surface area contributed by atoms with Gasteiger partial charge < -0.3 is 5.11 Å². The van der Waals surface area contributed by atoms with Crippen LogP contribution in [0.2, 0.25) is 0 Å². The first-order chi connectivity index (χ1) is 12.9. The zero-order chi connectivity index (χ0) is 19.1. The summed E-state index contributed by atoms with van der Waals surface area (Å²) in [6.45, 7) is 5.86. The summed E-state index contributed by atoms with van der Waals surface area (Å²) in [7, 11) is 0. The highest BCUT2D eigenvalue weighted by Crippen LogP contribution is 2.33. The van der Waals surface area contributed by atoms with Crippen LogP contribution in [0, 0.1) is 20.8 Å². The van der Waals surface area contributed by atoms with Gasteiger partial charge in [0.1, 0.15) is 0 Å². The number of aryl methyl sites for hydroxylation is 3. The molecule has 0 unspecified atom stereocenters. The molecule has 3 heterocycles. The third kappa shape index (κ3) is 3.25. The molecule has 9 heteroatoms. The van der Waals surface area contributed by atoms with Gasteiger partial charge >= 0.3 is 5.97 Å². The molecule has 0 fully saturated rings. The first-order valence-electron chi connectivity index (χ1n) is 8.46. The van der Waals surface area contributed by atoms with Crippen molar-refractivity contribution in [3.05, 3.63) is 52.8 Å². The van der Waals surface area contributed by atoms with Crippen LogP contribution in [0.15, 0.2) is 40.6 Å². The number of rotatable bonds is 4. The van der Waals surface area contributed by atoms with Gasteiger partial charge in [0.2, 0.25) is 5.16 Å². The molecule has 0 spiro atoms. The van der Waals surface area contributed by atoms with Crippen LogP contribution in [0.1, 0.15) is 28.9 Å². The number of carbonyl (C=O) groups is 1. The van der Waals surface area contributed by atoms with Crippen LogP contribution >= 0.6 is 11.8 Å². The van der Waals surface area contributed by atoms with Gasteiger partial charge in [0, 0.05) is 5.69 Å². The lowest BCUT2D eigenvalue weighted by Gasteiger charge is -2.22. The third-order valence-electron chi connectivity index (χ3n) is 4.26. The number of hydrogen-bond acceptors (Lipinski definition) is 6. The van der Waals surface area contributed by atoms with Crippen molar-refractivity contribution >= 4 is 23.4 Å². The molecule has 27 heavy (non-hydrogen) atoms. The quantitative estimate of drug-likeness (QED) is 0.745. The second kappa shape index (κ2) is 6.66. The van der Waals surface area contributed by atoms with E-state index < -0.39 is 5.97 Å². The fraction of sp³-hybridized carbons (Fsp3) is 0.278. The van der Waals surface area contributed by atoms with E-state index in [0.29, 0.717) is 16.8 Å². The monoisotopic (exact) mass is 382 g/mol. The number of benzene rings is 1. The van der Waals surface area contributed by atoms with Crippen molar-refractivity contribution in [2.24, 2.45) is 5.10 Å². The van der Waals surface area contributed by atoms with Gasteiger partial charge in [0.05, 0.1) is 23.1 Å². The van der Waals surface area contributed by atoms with Gasteiger partial charge in [-0.25, -0.2) is 4.68 Å². The molecule has 1 atom stereocenters. The number of aromatic nitrogens is 5. The number of aliphatic carboxylic acids is 1. The van der Waals surface area contributed by atoms with Gasteiger partial charge in [-0.1, -0.05) is 41.6 Å². The lowest BCUT2D eigenvalue weighted by molar-refractivity contribution is -0.136. The van der Waals surface area contributed by atoms with Crippen LogP contribution in [0.5, 0.6) is 0 Å². The summed E-state index contributed by atoms with van der Waals surface area (Å²) in [4.78, 5) is 11.4. The predicted octanol–water partition coefficient (Wildman–Crippen LogP) is 2.59. The Bertz CT molecular complexity index is 1050. The number of carboxylic acids is 1. The van der Waals surface area contributed by atoms with Crippen molar-refractivity contribution < 1.29 is 9.90 Å². The van der Waals surface area contributed by atoms with Gasteiger partial charge in [-0.2, -0.15) is 14.9 Å². The summed E-state index contributed by atoms with van der Waals surface area (Å²) in [6, 6.07) is 9.85. The highest BCUT2D eigenvalue weighted by Gasteiger charge is 2.31. The number of nitrogens with zero attached hydrogens (tertiary/aromatic N) is 6. The Kier molecular flexibility index (Phi) is 4.31. The molecule has 1 aromatic carbocycles. The molecule has 1 N–H and O–H groups in total. The second-order valence-corrected chi connectivity index (χ2v) is 7.66. The molecule has 4 rings (SSSR count). The molecule has 0 saturated heterocycles. The maximum absolute atomic E-state index is 11.4. The molecule has 8 nitrogen and oxygen atoms in total. The summed E-state index contributed by atoms with van der Waals surface area (Å²) >= 11 is 1.36. The normalized spacial score (nSPS) is 16.1. The minimum atomic E-state index is -0.876. The van der Waals surface area contributed by atoms with E-state index in [2.05, 4.69) is 15.3 Å². The Labute approximate surface area is 159 Å². The standard InChI is InChI=1S/C18H18N6O2S/c1-10-4-6-13(7-5-10)16-14(9-15(25)26)27-18-20-19-17(24(18)22-16)23-12(3)8-11(2)21-23/h4-8,14H,9H2,1-3H3,(H,25,26)/t14-/m1/s1. The van der Waals surface area contributed by atoms with E-state index in [1.165, 1.54) is 11.8 Å². The van der Waals surface area contributed by atoms with E-state index in [0.717, 1.165) is 22.5 Å². The first-order valence-corrected chi connectivity index (χ1v) is 9.34.